The summed E-state index contributed by atoms with van der Waals surface area (Å²) < 4.78 is 5.01. The Morgan fingerprint density at radius 3 is 2.14 bits per heavy atom. The zero-order valence-electron chi connectivity index (χ0n) is 23.8. The fraction of sp³-hybridized carbons (Fsp3) is 0.680. The van der Waals surface area contributed by atoms with Crippen LogP contribution in [-0.2, 0) is 43.1 Å². The molecule has 0 aliphatic heterocycles. The Balaban J connectivity index is 4.25. The Morgan fingerprint density at radius 2 is 1.57 bits per heavy atom. The minimum atomic E-state index is -1.60. The van der Waals surface area contributed by atoms with Gasteiger partial charge in [0.05, 0.1) is 13.0 Å². The molecule has 0 aliphatic rings. The van der Waals surface area contributed by atoms with Gasteiger partial charge in [0.15, 0.2) is 5.12 Å². The van der Waals surface area contributed by atoms with Crippen LogP contribution in [0.1, 0.15) is 59.3 Å². The van der Waals surface area contributed by atoms with E-state index in [1.807, 2.05) is 0 Å². The van der Waals surface area contributed by atoms with Crippen molar-refractivity contribution in [3.05, 3.63) is 0 Å². The maximum Gasteiger partial charge on any atom is 0.326 e. The molecule has 8 N–H and O–H groups in total. The van der Waals surface area contributed by atoms with E-state index in [-0.39, 0.29) is 57.6 Å². The number of carboxylic acid groups (broad SMARTS) is 2. The number of nitrogens with one attached hydrogen (secondary N) is 3. The Kier molecular flexibility index (Phi) is 17.9. The second-order valence-electron chi connectivity index (χ2n) is 9.99. The molecule has 0 aliphatic carbocycles. The highest BCUT2D eigenvalue weighted by Crippen LogP contribution is 2.22. The quantitative estimate of drug-likeness (QED) is 0.0429. The molecule has 3 atom stereocenters. The van der Waals surface area contributed by atoms with Crippen LogP contribution >= 0.6 is 11.8 Å². The first-order chi connectivity index (χ1) is 19.5. The summed E-state index contributed by atoms with van der Waals surface area (Å²) >= 11 is 0.812. The van der Waals surface area contributed by atoms with Gasteiger partial charge in [-0.2, -0.15) is 0 Å². The molecule has 0 aromatic carbocycles. The van der Waals surface area contributed by atoms with Crippen molar-refractivity contribution in [3.8, 4) is 0 Å². The van der Waals surface area contributed by atoms with Crippen molar-refractivity contribution < 1.29 is 58.4 Å². The van der Waals surface area contributed by atoms with Crippen molar-refractivity contribution in [2.75, 3.05) is 25.4 Å². The summed E-state index contributed by atoms with van der Waals surface area (Å²) in [4.78, 5) is 92.7. The van der Waals surface area contributed by atoms with Gasteiger partial charge in [0.2, 0.25) is 17.7 Å². The van der Waals surface area contributed by atoms with Crippen LogP contribution in [0.3, 0.4) is 0 Å². The molecular formula is C25H40N4O12S. The number of carbonyl (C=O) groups excluding carboxylic acids is 6. The number of carboxylic acids is 2. The first-order valence-electron chi connectivity index (χ1n) is 13.0. The number of esters is 1. The molecule has 0 unspecified atom stereocenters. The highest BCUT2D eigenvalue weighted by molar-refractivity contribution is 8.13. The molecule has 0 radical (unpaired) electrons. The Labute approximate surface area is 246 Å². The summed E-state index contributed by atoms with van der Waals surface area (Å²) in [6.07, 6.45) is -2.97. The third-order valence-electron chi connectivity index (χ3n) is 5.61. The maximum absolute atomic E-state index is 12.3. The van der Waals surface area contributed by atoms with Crippen molar-refractivity contribution in [2.24, 2.45) is 11.1 Å². The number of Topliss-reactive ketones (excluding diaryl/α,β-unsaturated/α-hetero) is 1. The second kappa shape index (κ2) is 19.5. The normalized spacial score (nSPS) is 13.2. The first-order valence-corrected chi connectivity index (χ1v) is 14.0. The number of amides is 3. The monoisotopic (exact) mass is 620 g/mol. The van der Waals surface area contributed by atoms with E-state index in [0.29, 0.717) is 0 Å². The predicted octanol–water partition coefficient (Wildman–Crippen LogP) is -1.68. The van der Waals surface area contributed by atoms with E-state index in [0.717, 1.165) is 18.7 Å². The van der Waals surface area contributed by atoms with Crippen LogP contribution in [0.4, 0.5) is 0 Å². The molecule has 0 bridgehead atoms. The second-order valence-corrected chi connectivity index (χ2v) is 11.1. The van der Waals surface area contributed by atoms with E-state index in [2.05, 4.69) is 16.0 Å². The Morgan fingerprint density at radius 1 is 0.929 bits per heavy atom. The number of hydrogen-bond donors (Lipinski definition) is 7. The van der Waals surface area contributed by atoms with Crippen LogP contribution < -0.4 is 21.7 Å². The summed E-state index contributed by atoms with van der Waals surface area (Å²) in [7, 11) is 0. The smallest absolute Gasteiger partial charge is 0.326 e. The molecule has 0 saturated heterocycles. The number of nitrogens with two attached hydrogens (primary N) is 1. The van der Waals surface area contributed by atoms with Crippen LogP contribution in [0.15, 0.2) is 0 Å². The van der Waals surface area contributed by atoms with Crippen molar-refractivity contribution in [3.63, 3.8) is 0 Å². The number of aliphatic hydroxyl groups is 1. The summed E-state index contributed by atoms with van der Waals surface area (Å²) in [5.74, 6) is -5.40. The third-order valence-corrected chi connectivity index (χ3v) is 6.49. The van der Waals surface area contributed by atoms with Crippen LogP contribution in [0.25, 0.3) is 0 Å². The lowest BCUT2D eigenvalue weighted by atomic mass is 9.87. The van der Waals surface area contributed by atoms with Crippen LogP contribution in [0, 0.1) is 5.41 Å². The van der Waals surface area contributed by atoms with Crippen molar-refractivity contribution in [2.45, 2.75) is 77.5 Å². The fourth-order valence-electron chi connectivity index (χ4n) is 3.14. The number of ketones is 1. The average molecular weight is 621 g/mol. The zero-order chi connectivity index (χ0) is 32.5. The predicted molar refractivity (Wildman–Crippen MR) is 148 cm³/mol. The molecule has 0 fully saturated rings. The number of aliphatic carboxylic acids is 2. The number of ether oxygens (including phenoxy) is 1. The van der Waals surface area contributed by atoms with E-state index in [4.69, 9.17) is 20.7 Å². The minimum Gasteiger partial charge on any atom is -0.481 e. The number of hydrogen-bond acceptors (Lipinski definition) is 12. The molecule has 17 heteroatoms. The van der Waals surface area contributed by atoms with Gasteiger partial charge in [0.25, 0.3) is 0 Å². The molecule has 3 amide bonds. The lowest BCUT2D eigenvalue weighted by molar-refractivity contribution is -0.154. The molecule has 0 heterocycles. The van der Waals surface area contributed by atoms with Gasteiger partial charge < -0.3 is 41.7 Å². The molecule has 0 spiro atoms. The fourth-order valence-corrected chi connectivity index (χ4v) is 3.84. The topological polar surface area (TPSA) is 269 Å². The van der Waals surface area contributed by atoms with Gasteiger partial charge in [-0.15, -0.1) is 0 Å². The van der Waals surface area contributed by atoms with E-state index in [1.54, 1.807) is 0 Å². The lowest BCUT2D eigenvalue weighted by Gasteiger charge is -2.29. The van der Waals surface area contributed by atoms with Gasteiger partial charge in [0, 0.05) is 50.4 Å². The Hall–Kier alpha value is -3.57. The lowest BCUT2D eigenvalue weighted by Crippen LogP contribution is -2.47. The zero-order valence-corrected chi connectivity index (χ0v) is 24.6. The van der Waals surface area contributed by atoms with E-state index in [1.165, 1.54) is 13.8 Å². The third kappa shape index (κ3) is 17.3. The van der Waals surface area contributed by atoms with Crippen LogP contribution in [0.2, 0.25) is 0 Å². The number of carbonyl (C=O) groups is 8. The van der Waals surface area contributed by atoms with E-state index in [9.17, 15) is 43.5 Å². The molecule has 0 rings (SSSR count). The molecule has 42 heavy (non-hydrogen) atoms. The first kappa shape index (κ1) is 38.4. The SMILES string of the molecule is CC(=O)N[C@@H](CCC(=O)CC(=O)SCCNC(=O)CCNC(=O)[C@H](O)C(C)(C)COC(=O)[C@@H](N)CCC(=O)O)C(=O)O. The minimum absolute atomic E-state index is 0.0939. The van der Waals surface area contributed by atoms with Gasteiger partial charge in [-0.3, -0.25) is 33.6 Å². The number of thioether (sulfide) groups is 1. The summed E-state index contributed by atoms with van der Waals surface area (Å²) in [6.45, 7) is 3.68. The molecular weight excluding hydrogens is 580 g/mol. The standard InChI is InChI=1S/C25H40N4O12S/c1-14(30)29-17(23(38)39)6-4-15(31)12-20(35)42-11-10-27-18(32)8-9-28-22(37)21(36)25(2,3)13-41-24(40)16(26)5-7-19(33)34/h16-17,21,36H,4-13,26H2,1-3H3,(H,27,32)(H,28,37)(H,29,30)(H,33,34)(H,38,39)/t16-,17-,21-/m0/s1. The van der Waals surface area contributed by atoms with E-state index >= 15 is 0 Å². The van der Waals surface area contributed by atoms with Crippen molar-refractivity contribution in [1.82, 2.24) is 16.0 Å². The number of aliphatic hydroxyl groups excluding tert-OH is 1. The number of rotatable bonds is 21. The van der Waals surface area contributed by atoms with Crippen LogP contribution in [-0.4, -0.2) is 105 Å². The van der Waals surface area contributed by atoms with Gasteiger partial charge in [-0.1, -0.05) is 25.6 Å². The highest BCUT2D eigenvalue weighted by atomic mass is 32.2. The molecule has 0 aromatic rings. The average Bonchev–Trinajstić information content (AvgIpc) is 2.89. The largest absolute Gasteiger partial charge is 0.481 e. The summed E-state index contributed by atoms with van der Waals surface area (Å²) in [6, 6.07) is -2.39. The maximum atomic E-state index is 12.3. The van der Waals surface area contributed by atoms with E-state index < -0.39 is 76.6 Å². The van der Waals surface area contributed by atoms with Crippen molar-refractivity contribution >= 4 is 58.3 Å². The summed E-state index contributed by atoms with van der Waals surface area (Å²) in [5, 5.41) is 34.7. The Bertz CT molecular complexity index is 1000. The van der Waals surface area contributed by atoms with Gasteiger partial charge in [0.1, 0.15) is 24.0 Å². The summed E-state index contributed by atoms with van der Waals surface area (Å²) in [5.41, 5.74) is 4.35. The molecule has 238 valence electrons. The molecule has 0 saturated carbocycles. The highest BCUT2D eigenvalue weighted by Gasteiger charge is 2.35. The van der Waals surface area contributed by atoms with Gasteiger partial charge in [-0.05, 0) is 12.8 Å². The van der Waals surface area contributed by atoms with Crippen LogP contribution in [0.5, 0.6) is 0 Å². The van der Waals surface area contributed by atoms with Gasteiger partial charge in [-0.25, -0.2) is 4.79 Å². The molecule has 16 nitrogen and oxygen atoms in total. The van der Waals surface area contributed by atoms with Gasteiger partial charge >= 0.3 is 17.9 Å². The van der Waals surface area contributed by atoms with Crippen molar-refractivity contribution in [1.29, 1.82) is 0 Å². The molecule has 0 aromatic heterocycles.